The molecule has 3 amide bonds. The highest BCUT2D eigenvalue weighted by Gasteiger charge is 2.33. The number of ether oxygens (including phenoxy) is 2. The van der Waals surface area contributed by atoms with Gasteiger partial charge in [-0.25, -0.2) is 0 Å². The van der Waals surface area contributed by atoms with Crippen molar-refractivity contribution < 1.29 is 28.7 Å². The van der Waals surface area contributed by atoms with Crippen LogP contribution in [0, 0.1) is 25.7 Å². The summed E-state index contributed by atoms with van der Waals surface area (Å²) in [5.41, 5.74) is 2.52. The van der Waals surface area contributed by atoms with Gasteiger partial charge in [-0.2, -0.15) is 0 Å². The van der Waals surface area contributed by atoms with E-state index in [9.17, 15) is 19.2 Å². The van der Waals surface area contributed by atoms with Crippen LogP contribution in [0.1, 0.15) is 55.0 Å². The SMILES string of the molecule is COc1cccc2[nH]c(C(=O)N[C@@H](CC(C)C)C(=O)NC(CC3CCNC3=O)C(=O)COc3cc(C)nc(C)c3)cc12. The minimum absolute atomic E-state index is 0.0696. The molecule has 1 aromatic carbocycles. The molecule has 1 aliphatic rings. The van der Waals surface area contributed by atoms with Gasteiger partial charge in [0.15, 0.2) is 5.78 Å². The molecule has 0 bridgehead atoms. The molecule has 1 fully saturated rings. The molecular weight excluding hydrogens is 538 g/mol. The van der Waals surface area contributed by atoms with E-state index >= 15 is 0 Å². The molecule has 3 atom stereocenters. The summed E-state index contributed by atoms with van der Waals surface area (Å²) in [7, 11) is 1.56. The third-order valence-electron chi connectivity index (χ3n) is 7.24. The van der Waals surface area contributed by atoms with Crippen molar-refractivity contribution in [3.63, 3.8) is 0 Å². The average molecular weight is 578 g/mol. The van der Waals surface area contributed by atoms with Gasteiger partial charge >= 0.3 is 0 Å². The number of ketones is 1. The number of nitrogens with zero attached hydrogens (tertiary/aromatic N) is 1. The van der Waals surface area contributed by atoms with Crippen LogP contribution in [0.3, 0.4) is 0 Å². The van der Waals surface area contributed by atoms with Gasteiger partial charge in [-0.05, 0) is 57.2 Å². The van der Waals surface area contributed by atoms with Crippen molar-refractivity contribution in [3.05, 3.63) is 53.5 Å². The monoisotopic (exact) mass is 577 g/mol. The molecule has 2 unspecified atom stereocenters. The zero-order valence-electron chi connectivity index (χ0n) is 24.7. The fourth-order valence-corrected chi connectivity index (χ4v) is 5.20. The first-order chi connectivity index (χ1) is 20.0. The summed E-state index contributed by atoms with van der Waals surface area (Å²) in [6.07, 6.45) is 1.05. The van der Waals surface area contributed by atoms with Gasteiger partial charge in [0, 0.05) is 46.9 Å². The van der Waals surface area contributed by atoms with Crippen LogP contribution in [0.4, 0.5) is 0 Å². The quantitative estimate of drug-likeness (QED) is 0.244. The number of hydrogen-bond donors (Lipinski definition) is 4. The van der Waals surface area contributed by atoms with Crippen LogP contribution < -0.4 is 25.4 Å². The Morgan fingerprint density at radius 2 is 1.81 bits per heavy atom. The number of hydrogen-bond acceptors (Lipinski definition) is 7. The van der Waals surface area contributed by atoms with Crippen LogP contribution in [-0.4, -0.2) is 65.8 Å². The van der Waals surface area contributed by atoms with Crippen molar-refractivity contribution in [2.75, 3.05) is 20.3 Å². The summed E-state index contributed by atoms with van der Waals surface area (Å²) < 4.78 is 11.1. The molecule has 1 saturated heterocycles. The van der Waals surface area contributed by atoms with Crippen LogP contribution in [0.25, 0.3) is 10.9 Å². The Balaban J connectivity index is 1.50. The Bertz CT molecular complexity index is 1450. The van der Waals surface area contributed by atoms with E-state index < -0.39 is 29.8 Å². The number of fused-ring (bicyclic) bond motifs is 1. The fraction of sp³-hybridized carbons (Fsp3) is 0.452. The molecule has 224 valence electrons. The molecule has 11 nitrogen and oxygen atoms in total. The smallest absolute Gasteiger partial charge is 0.268 e. The predicted molar refractivity (Wildman–Crippen MR) is 157 cm³/mol. The minimum Gasteiger partial charge on any atom is -0.496 e. The van der Waals surface area contributed by atoms with E-state index in [1.54, 1.807) is 31.4 Å². The van der Waals surface area contributed by atoms with Crippen molar-refractivity contribution in [2.24, 2.45) is 11.8 Å². The zero-order chi connectivity index (χ0) is 30.4. The van der Waals surface area contributed by atoms with Gasteiger partial charge in [0.1, 0.15) is 29.8 Å². The van der Waals surface area contributed by atoms with Crippen LogP contribution in [-0.2, 0) is 14.4 Å². The standard InChI is InChI=1S/C31H39N5O6/c1-17(2)11-25(36-31(40)26-15-22-23(34-26)7-6-8-28(22)41-5)30(39)35-24(14-20-9-10-32-29(20)38)27(37)16-42-21-12-18(3)33-19(4)13-21/h6-8,12-13,15,17,20,24-25,34H,9-11,14,16H2,1-5H3,(H,32,38)(H,35,39)(H,36,40)/t20?,24?,25-/m0/s1. The number of nitrogens with one attached hydrogen (secondary N) is 4. The van der Waals surface area contributed by atoms with E-state index in [0.717, 1.165) is 22.3 Å². The van der Waals surface area contributed by atoms with Gasteiger partial charge in [-0.15, -0.1) is 0 Å². The third kappa shape index (κ3) is 7.65. The number of carbonyl (C=O) groups is 4. The molecule has 0 radical (unpaired) electrons. The minimum atomic E-state index is -0.973. The highest BCUT2D eigenvalue weighted by atomic mass is 16.5. The molecule has 11 heteroatoms. The number of H-pyrrole nitrogens is 1. The molecule has 0 aliphatic carbocycles. The summed E-state index contributed by atoms with van der Waals surface area (Å²) in [5.74, 6) is -0.703. The number of carbonyl (C=O) groups excluding carboxylic acids is 4. The number of Topliss-reactive ketones (excluding diaryl/α,β-unsaturated/α-hetero) is 1. The number of aromatic nitrogens is 2. The number of aromatic amines is 1. The van der Waals surface area contributed by atoms with Crippen molar-refractivity contribution in [2.45, 2.75) is 59.0 Å². The van der Waals surface area contributed by atoms with Crippen molar-refractivity contribution >= 4 is 34.4 Å². The van der Waals surface area contributed by atoms with Crippen molar-refractivity contribution in [1.82, 2.24) is 25.9 Å². The second-order valence-electron chi connectivity index (χ2n) is 11.2. The van der Waals surface area contributed by atoms with E-state index in [1.165, 1.54) is 0 Å². The Hall–Kier alpha value is -4.41. The van der Waals surface area contributed by atoms with E-state index in [0.29, 0.717) is 30.9 Å². The van der Waals surface area contributed by atoms with E-state index in [2.05, 4.69) is 25.9 Å². The van der Waals surface area contributed by atoms with Gasteiger partial charge in [-0.1, -0.05) is 19.9 Å². The summed E-state index contributed by atoms with van der Waals surface area (Å²) in [6.45, 7) is 7.78. The summed E-state index contributed by atoms with van der Waals surface area (Å²) in [5, 5.41) is 9.18. The zero-order valence-corrected chi connectivity index (χ0v) is 24.7. The first kappa shape index (κ1) is 30.5. The first-order valence-corrected chi connectivity index (χ1v) is 14.2. The lowest BCUT2D eigenvalue weighted by atomic mass is 9.95. The summed E-state index contributed by atoms with van der Waals surface area (Å²) in [6, 6.07) is 8.70. The molecule has 3 heterocycles. The van der Waals surface area contributed by atoms with E-state index in [-0.39, 0.29) is 36.3 Å². The molecule has 4 rings (SSSR count). The van der Waals surface area contributed by atoms with Crippen molar-refractivity contribution in [1.29, 1.82) is 0 Å². The number of methoxy groups -OCH3 is 1. The van der Waals surface area contributed by atoms with Crippen LogP contribution >= 0.6 is 0 Å². The number of rotatable bonds is 13. The normalized spacial score (nSPS) is 16.1. The largest absolute Gasteiger partial charge is 0.496 e. The molecule has 42 heavy (non-hydrogen) atoms. The molecule has 3 aromatic rings. The highest BCUT2D eigenvalue weighted by Crippen LogP contribution is 2.26. The Morgan fingerprint density at radius 3 is 2.45 bits per heavy atom. The van der Waals surface area contributed by atoms with Crippen molar-refractivity contribution in [3.8, 4) is 11.5 Å². The molecule has 0 saturated carbocycles. The number of amides is 3. The Morgan fingerprint density at radius 1 is 1.07 bits per heavy atom. The molecule has 1 aliphatic heterocycles. The summed E-state index contributed by atoms with van der Waals surface area (Å²) in [4.78, 5) is 59.9. The second kappa shape index (κ2) is 13.5. The van der Waals surface area contributed by atoms with Crippen LogP contribution in [0.2, 0.25) is 0 Å². The maximum Gasteiger partial charge on any atom is 0.268 e. The average Bonchev–Trinajstić information content (AvgIpc) is 3.56. The Kier molecular flexibility index (Phi) is 9.82. The molecule has 0 spiro atoms. The maximum absolute atomic E-state index is 13.6. The highest BCUT2D eigenvalue weighted by molar-refractivity contribution is 6.02. The topological polar surface area (TPSA) is 152 Å². The lowest BCUT2D eigenvalue weighted by Gasteiger charge is -2.25. The van der Waals surface area contributed by atoms with Crippen LogP contribution in [0.5, 0.6) is 11.5 Å². The van der Waals surface area contributed by atoms with Gasteiger partial charge in [0.05, 0.1) is 13.2 Å². The lowest BCUT2D eigenvalue weighted by Crippen LogP contribution is -2.53. The summed E-state index contributed by atoms with van der Waals surface area (Å²) >= 11 is 0. The van der Waals surface area contributed by atoms with Gasteiger partial charge in [0.25, 0.3) is 5.91 Å². The first-order valence-electron chi connectivity index (χ1n) is 14.2. The van der Waals surface area contributed by atoms with E-state index in [4.69, 9.17) is 9.47 Å². The predicted octanol–water partition coefficient (Wildman–Crippen LogP) is 2.99. The molecular formula is C31H39N5O6. The molecule has 4 N–H and O–H groups in total. The maximum atomic E-state index is 13.6. The lowest BCUT2D eigenvalue weighted by molar-refractivity contribution is -0.131. The van der Waals surface area contributed by atoms with Gasteiger partial charge in [-0.3, -0.25) is 24.2 Å². The van der Waals surface area contributed by atoms with Gasteiger partial charge < -0.3 is 30.4 Å². The number of aryl methyl sites for hydroxylation is 2. The van der Waals surface area contributed by atoms with E-state index in [1.807, 2.05) is 39.8 Å². The number of benzene rings is 1. The molecule has 2 aromatic heterocycles. The van der Waals surface area contributed by atoms with Gasteiger partial charge in [0.2, 0.25) is 11.8 Å². The third-order valence-corrected chi connectivity index (χ3v) is 7.24. The van der Waals surface area contributed by atoms with Crippen LogP contribution in [0.15, 0.2) is 36.4 Å². The second-order valence-corrected chi connectivity index (χ2v) is 11.2. The fourth-order valence-electron chi connectivity index (χ4n) is 5.20. The Labute approximate surface area is 245 Å². The number of pyridine rings is 1.